The fourth-order valence-electron chi connectivity index (χ4n) is 3.26. The normalized spacial score (nSPS) is 26.5. The third kappa shape index (κ3) is 4.27. The highest BCUT2D eigenvalue weighted by atomic mass is 15.4. The van der Waals surface area contributed by atoms with E-state index in [1.54, 1.807) is 0 Å². The lowest BCUT2D eigenvalue weighted by Crippen LogP contribution is -2.32. The van der Waals surface area contributed by atoms with Crippen LogP contribution in [0.25, 0.3) is 0 Å². The summed E-state index contributed by atoms with van der Waals surface area (Å²) >= 11 is 0. The first kappa shape index (κ1) is 15.0. The average Bonchev–Trinajstić information content (AvgIpc) is 3.13. The molecule has 0 bridgehead atoms. The molecule has 2 unspecified atom stereocenters. The van der Waals surface area contributed by atoms with E-state index in [9.17, 15) is 0 Å². The Kier molecular flexibility index (Phi) is 5.25. The number of hydrazine groups is 1. The Labute approximate surface area is 128 Å². The summed E-state index contributed by atoms with van der Waals surface area (Å²) in [4.78, 5) is 2.55. The topological polar surface area (TPSA) is 39.3 Å². The van der Waals surface area contributed by atoms with E-state index < -0.39 is 0 Å². The number of nitrogens with zero attached hydrogens (tertiary/aromatic N) is 1. The van der Waals surface area contributed by atoms with E-state index in [0.717, 1.165) is 26.2 Å². The van der Waals surface area contributed by atoms with E-state index in [4.69, 9.17) is 0 Å². The summed E-state index contributed by atoms with van der Waals surface area (Å²) < 4.78 is 0. The minimum atomic E-state index is 0.556. The zero-order valence-electron chi connectivity index (χ0n) is 13.1. The number of hydrogen-bond acceptors (Lipinski definition) is 4. The van der Waals surface area contributed by atoms with E-state index in [-0.39, 0.29) is 0 Å². The Hall–Kier alpha value is -0.940. The first-order chi connectivity index (χ1) is 10.3. The maximum atomic E-state index is 3.58. The number of benzene rings is 1. The van der Waals surface area contributed by atoms with E-state index in [2.05, 4.69) is 52.3 Å². The van der Waals surface area contributed by atoms with Gasteiger partial charge >= 0.3 is 0 Å². The van der Waals surface area contributed by atoms with Crippen molar-refractivity contribution in [3.05, 3.63) is 35.4 Å². The van der Waals surface area contributed by atoms with E-state index in [1.807, 2.05) is 0 Å². The Balaban J connectivity index is 1.41. The van der Waals surface area contributed by atoms with E-state index in [0.29, 0.717) is 12.0 Å². The molecule has 3 rings (SSSR count). The molecule has 0 spiro atoms. The minimum absolute atomic E-state index is 0.556. The molecule has 0 aromatic heterocycles. The van der Waals surface area contributed by atoms with Gasteiger partial charge in [0.2, 0.25) is 0 Å². The van der Waals surface area contributed by atoms with Crippen molar-refractivity contribution in [1.82, 2.24) is 21.1 Å². The molecule has 2 atom stereocenters. The average molecular weight is 288 g/mol. The van der Waals surface area contributed by atoms with Crippen molar-refractivity contribution in [1.29, 1.82) is 0 Å². The lowest BCUT2D eigenvalue weighted by atomic mass is 10.0. The quantitative estimate of drug-likeness (QED) is 0.741. The minimum Gasteiger partial charge on any atom is -0.312 e. The highest BCUT2D eigenvalue weighted by Gasteiger charge is 2.21. The molecule has 1 aromatic carbocycles. The second-order valence-corrected chi connectivity index (χ2v) is 6.50. The van der Waals surface area contributed by atoms with Crippen molar-refractivity contribution < 1.29 is 0 Å². The second kappa shape index (κ2) is 7.36. The molecule has 0 aliphatic carbocycles. The molecule has 116 valence electrons. The summed E-state index contributed by atoms with van der Waals surface area (Å²) in [5.41, 5.74) is 9.31. The SMILES string of the molecule is CC1NNCC1CNCc1ccc(CN2CCCC2)cc1. The van der Waals surface area contributed by atoms with Gasteiger partial charge in [0, 0.05) is 38.1 Å². The van der Waals surface area contributed by atoms with Crippen LogP contribution in [-0.4, -0.2) is 37.1 Å². The highest BCUT2D eigenvalue weighted by molar-refractivity contribution is 5.22. The summed E-state index contributed by atoms with van der Waals surface area (Å²) in [6, 6.07) is 9.67. The molecule has 21 heavy (non-hydrogen) atoms. The summed E-state index contributed by atoms with van der Waals surface area (Å²) in [5.74, 6) is 0.680. The van der Waals surface area contributed by atoms with Crippen molar-refractivity contribution >= 4 is 0 Å². The van der Waals surface area contributed by atoms with Gasteiger partial charge in [-0.05, 0) is 44.0 Å². The van der Waals surface area contributed by atoms with E-state index >= 15 is 0 Å². The van der Waals surface area contributed by atoms with Crippen LogP contribution in [0.5, 0.6) is 0 Å². The Morgan fingerprint density at radius 2 is 1.86 bits per heavy atom. The Morgan fingerprint density at radius 3 is 2.52 bits per heavy atom. The van der Waals surface area contributed by atoms with Crippen molar-refractivity contribution in [2.24, 2.45) is 5.92 Å². The summed E-state index contributed by atoms with van der Waals surface area (Å²) in [7, 11) is 0. The Morgan fingerprint density at radius 1 is 1.14 bits per heavy atom. The van der Waals surface area contributed by atoms with Gasteiger partial charge in [0.25, 0.3) is 0 Å². The number of likely N-dealkylation sites (tertiary alicyclic amines) is 1. The molecular weight excluding hydrogens is 260 g/mol. The zero-order valence-corrected chi connectivity index (χ0v) is 13.1. The number of rotatable bonds is 6. The molecule has 0 amide bonds. The van der Waals surface area contributed by atoms with E-state index in [1.165, 1.54) is 37.1 Å². The van der Waals surface area contributed by atoms with Crippen LogP contribution in [0.3, 0.4) is 0 Å². The smallest absolute Gasteiger partial charge is 0.0237 e. The molecule has 0 saturated carbocycles. The van der Waals surface area contributed by atoms with Gasteiger partial charge in [-0.2, -0.15) is 0 Å². The lowest BCUT2D eigenvalue weighted by Gasteiger charge is -2.16. The van der Waals surface area contributed by atoms with Crippen LogP contribution in [0, 0.1) is 5.92 Å². The van der Waals surface area contributed by atoms with Gasteiger partial charge in [0.1, 0.15) is 0 Å². The third-order valence-electron chi connectivity index (χ3n) is 4.76. The van der Waals surface area contributed by atoms with Gasteiger partial charge in [-0.15, -0.1) is 0 Å². The molecule has 0 radical (unpaired) electrons. The maximum Gasteiger partial charge on any atom is 0.0237 e. The largest absolute Gasteiger partial charge is 0.312 e. The number of hydrogen-bond donors (Lipinski definition) is 3. The van der Waals surface area contributed by atoms with Crippen LogP contribution < -0.4 is 16.2 Å². The first-order valence-corrected chi connectivity index (χ1v) is 8.30. The molecular formula is C17H28N4. The molecule has 2 aliphatic rings. The van der Waals surface area contributed by atoms with Crippen LogP contribution in [0.15, 0.2) is 24.3 Å². The summed E-state index contributed by atoms with van der Waals surface area (Å²) in [6.45, 7) is 8.98. The standard InChI is InChI=1S/C17H28N4/c1-14-17(12-19-20-14)11-18-10-15-4-6-16(7-5-15)13-21-8-2-3-9-21/h4-7,14,17-20H,2-3,8-13H2,1H3. The maximum absolute atomic E-state index is 3.58. The highest BCUT2D eigenvalue weighted by Crippen LogP contribution is 2.13. The van der Waals surface area contributed by atoms with Crippen LogP contribution in [0.1, 0.15) is 30.9 Å². The zero-order chi connectivity index (χ0) is 14.5. The van der Waals surface area contributed by atoms with Gasteiger partial charge in [-0.25, -0.2) is 0 Å². The molecule has 4 heteroatoms. The van der Waals surface area contributed by atoms with Gasteiger partial charge < -0.3 is 5.32 Å². The fourth-order valence-corrected chi connectivity index (χ4v) is 3.26. The fraction of sp³-hybridized carbons (Fsp3) is 0.647. The number of nitrogens with one attached hydrogen (secondary N) is 3. The molecule has 2 fully saturated rings. The third-order valence-corrected chi connectivity index (χ3v) is 4.76. The predicted octanol–water partition coefficient (Wildman–Crippen LogP) is 1.48. The molecule has 2 saturated heterocycles. The summed E-state index contributed by atoms with van der Waals surface area (Å²) in [5, 5.41) is 3.58. The van der Waals surface area contributed by atoms with Gasteiger partial charge in [0.05, 0.1) is 0 Å². The monoisotopic (exact) mass is 288 g/mol. The van der Waals surface area contributed by atoms with Crippen molar-refractivity contribution in [3.8, 4) is 0 Å². The van der Waals surface area contributed by atoms with Crippen LogP contribution in [0.2, 0.25) is 0 Å². The molecule has 3 N–H and O–H groups in total. The summed E-state index contributed by atoms with van der Waals surface area (Å²) in [6.07, 6.45) is 2.73. The van der Waals surface area contributed by atoms with Gasteiger partial charge in [-0.1, -0.05) is 24.3 Å². The molecule has 1 aromatic rings. The van der Waals surface area contributed by atoms with Crippen molar-refractivity contribution in [3.63, 3.8) is 0 Å². The van der Waals surface area contributed by atoms with Crippen molar-refractivity contribution in [2.75, 3.05) is 26.2 Å². The van der Waals surface area contributed by atoms with Gasteiger partial charge in [-0.3, -0.25) is 15.8 Å². The Bertz CT molecular complexity index is 425. The lowest BCUT2D eigenvalue weighted by molar-refractivity contribution is 0.331. The molecule has 2 aliphatic heterocycles. The molecule has 4 nitrogen and oxygen atoms in total. The molecule has 2 heterocycles. The van der Waals surface area contributed by atoms with Crippen LogP contribution in [-0.2, 0) is 13.1 Å². The predicted molar refractivity (Wildman–Crippen MR) is 86.8 cm³/mol. The first-order valence-electron chi connectivity index (χ1n) is 8.30. The van der Waals surface area contributed by atoms with Crippen LogP contribution >= 0.6 is 0 Å². The second-order valence-electron chi connectivity index (χ2n) is 6.50. The van der Waals surface area contributed by atoms with Crippen LogP contribution in [0.4, 0.5) is 0 Å². The van der Waals surface area contributed by atoms with Crippen molar-refractivity contribution in [2.45, 2.75) is 38.9 Å². The van der Waals surface area contributed by atoms with Gasteiger partial charge in [0.15, 0.2) is 0 Å².